The molecule has 0 unspecified atom stereocenters. The molecule has 0 aliphatic heterocycles. The molecule has 0 spiro atoms. The number of ether oxygens (including phenoxy) is 1. The number of nitrogens with one attached hydrogen (secondary N) is 1. The molecule has 2 aromatic rings. The number of anilines is 1. The van der Waals surface area contributed by atoms with E-state index in [0.717, 1.165) is 0 Å². The maximum absolute atomic E-state index is 13.7. The zero-order valence-corrected chi connectivity index (χ0v) is 13.3. The molecule has 0 aromatic heterocycles. The van der Waals surface area contributed by atoms with Crippen LogP contribution in [-0.4, -0.2) is 15.5 Å². The normalized spacial score (nSPS) is 11.4. The second-order valence-electron chi connectivity index (χ2n) is 4.09. The van der Waals surface area contributed by atoms with Crippen molar-refractivity contribution in [3.8, 4) is 11.5 Å². The molecule has 0 fully saturated rings. The summed E-state index contributed by atoms with van der Waals surface area (Å²) in [5.41, 5.74) is 5.85. The number of hydrogen-bond acceptors (Lipinski definition) is 4. The number of rotatable bonds is 4. The minimum atomic E-state index is -3.78. The van der Waals surface area contributed by atoms with Crippen LogP contribution in [0.1, 0.15) is 0 Å². The van der Waals surface area contributed by atoms with E-state index in [0.29, 0.717) is 4.47 Å². The SMILES string of the molecule is CNS(=O)(=O)c1cc(N)ccc1Oc1cc(Br)ccc1F. The van der Waals surface area contributed by atoms with Gasteiger partial charge in [-0.3, -0.25) is 0 Å². The van der Waals surface area contributed by atoms with Gasteiger partial charge in [-0.05, 0) is 43.4 Å². The Balaban J connectivity index is 2.52. The van der Waals surface area contributed by atoms with Crippen molar-refractivity contribution >= 4 is 31.6 Å². The third-order valence-electron chi connectivity index (χ3n) is 2.64. The minimum absolute atomic E-state index is 0.0180. The first-order valence-electron chi connectivity index (χ1n) is 5.79. The van der Waals surface area contributed by atoms with Gasteiger partial charge in [0.1, 0.15) is 10.6 Å². The van der Waals surface area contributed by atoms with Crippen molar-refractivity contribution < 1.29 is 17.5 Å². The van der Waals surface area contributed by atoms with E-state index in [1.807, 2.05) is 0 Å². The molecule has 8 heteroatoms. The van der Waals surface area contributed by atoms with Crippen molar-refractivity contribution in [2.24, 2.45) is 0 Å². The van der Waals surface area contributed by atoms with Crippen molar-refractivity contribution in [3.05, 3.63) is 46.7 Å². The summed E-state index contributed by atoms with van der Waals surface area (Å²) in [4.78, 5) is -0.163. The molecular formula is C13H12BrFN2O3S. The van der Waals surface area contributed by atoms with E-state index in [1.54, 1.807) is 0 Å². The first kappa shape index (κ1) is 15.7. The van der Waals surface area contributed by atoms with Gasteiger partial charge in [-0.15, -0.1) is 0 Å². The predicted molar refractivity (Wildman–Crippen MR) is 81.3 cm³/mol. The molecule has 0 radical (unpaired) electrons. The van der Waals surface area contributed by atoms with Gasteiger partial charge in [-0.25, -0.2) is 17.5 Å². The smallest absolute Gasteiger partial charge is 0.244 e. The van der Waals surface area contributed by atoms with Crippen LogP contribution < -0.4 is 15.2 Å². The van der Waals surface area contributed by atoms with Crippen LogP contribution in [0, 0.1) is 5.82 Å². The molecule has 2 rings (SSSR count). The van der Waals surface area contributed by atoms with Crippen LogP contribution in [0.3, 0.4) is 0 Å². The largest absolute Gasteiger partial charge is 0.453 e. The molecule has 0 amide bonds. The number of hydrogen-bond donors (Lipinski definition) is 2. The van der Waals surface area contributed by atoms with E-state index in [4.69, 9.17) is 10.5 Å². The Hall–Kier alpha value is -1.64. The minimum Gasteiger partial charge on any atom is -0.453 e. The summed E-state index contributed by atoms with van der Waals surface area (Å²) in [6.07, 6.45) is 0. The van der Waals surface area contributed by atoms with Gasteiger partial charge >= 0.3 is 0 Å². The van der Waals surface area contributed by atoms with Gasteiger partial charge in [0.05, 0.1) is 0 Å². The Morgan fingerprint density at radius 1 is 1.19 bits per heavy atom. The van der Waals surface area contributed by atoms with Crippen molar-refractivity contribution in [2.45, 2.75) is 4.90 Å². The zero-order valence-electron chi connectivity index (χ0n) is 10.9. The van der Waals surface area contributed by atoms with E-state index in [-0.39, 0.29) is 22.1 Å². The lowest BCUT2D eigenvalue weighted by Crippen LogP contribution is -2.19. The van der Waals surface area contributed by atoms with Gasteiger partial charge in [0.2, 0.25) is 10.0 Å². The molecule has 0 bridgehead atoms. The number of sulfonamides is 1. The highest BCUT2D eigenvalue weighted by Crippen LogP contribution is 2.33. The maximum atomic E-state index is 13.7. The summed E-state index contributed by atoms with van der Waals surface area (Å²) >= 11 is 3.20. The van der Waals surface area contributed by atoms with Crippen molar-refractivity contribution in [3.63, 3.8) is 0 Å². The molecule has 3 N–H and O–H groups in total. The molecule has 0 heterocycles. The molecule has 0 saturated carbocycles. The fourth-order valence-electron chi connectivity index (χ4n) is 1.60. The van der Waals surface area contributed by atoms with Crippen LogP contribution in [-0.2, 0) is 10.0 Å². The lowest BCUT2D eigenvalue weighted by molar-refractivity contribution is 0.431. The quantitative estimate of drug-likeness (QED) is 0.806. The van der Waals surface area contributed by atoms with Crippen molar-refractivity contribution in [2.75, 3.05) is 12.8 Å². The molecule has 0 saturated heterocycles. The standard InChI is InChI=1S/C13H12BrFN2O3S/c1-17-21(18,19)13-7-9(16)3-5-11(13)20-12-6-8(14)2-4-10(12)15/h2-7,17H,16H2,1H3. The highest BCUT2D eigenvalue weighted by molar-refractivity contribution is 9.10. The Kier molecular flexibility index (Phi) is 4.50. The summed E-state index contributed by atoms with van der Waals surface area (Å²) in [5.74, 6) is -0.722. The van der Waals surface area contributed by atoms with Gasteiger partial charge in [0.15, 0.2) is 11.6 Å². The second-order valence-corrected chi connectivity index (χ2v) is 6.86. The Labute approximate surface area is 130 Å². The summed E-state index contributed by atoms with van der Waals surface area (Å²) in [6, 6.07) is 8.22. The fourth-order valence-corrected chi connectivity index (χ4v) is 2.83. The highest BCUT2D eigenvalue weighted by Gasteiger charge is 2.19. The zero-order chi connectivity index (χ0) is 15.6. The molecule has 0 atom stereocenters. The topological polar surface area (TPSA) is 81.4 Å². The first-order valence-corrected chi connectivity index (χ1v) is 8.07. The van der Waals surface area contributed by atoms with Gasteiger partial charge in [-0.2, -0.15) is 0 Å². The van der Waals surface area contributed by atoms with E-state index in [2.05, 4.69) is 20.7 Å². The summed E-state index contributed by atoms with van der Waals surface area (Å²) in [7, 11) is -2.52. The number of halogens is 2. The Morgan fingerprint density at radius 3 is 2.57 bits per heavy atom. The van der Waals surface area contributed by atoms with E-state index >= 15 is 0 Å². The number of nitrogen functional groups attached to an aromatic ring is 1. The van der Waals surface area contributed by atoms with Gasteiger partial charge in [0, 0.05) is 10.2 Å². The molecule has 0 aliphatic carbocycles. The van der Waals surface area contributed by atoms with Crippen LogP contribution in [0.15, 0.2) is 45.8 Å². The van der Waals surface area contributed by atoms with Crippen LogP contribution in [0.5, 0.6) is 11.5 Å². The van der Waals surface area contributed by atoms with Gasteiger partial charge < -0.3 is 10.5 Å². The van der Waals surface area contributed by atoms with Crippen molar-refractivity contribution in [1.82, 2.24) is 4.72 Å². The lowest BCUT2D eigenvalue weighted by Gasteiger charge is -2.12. The van der Waals surface area contributed by atoms with E-state index in [1.165, 1.54) is 43.4 Å². The van der Waals surface area contributed by atoms with Crippen LogP contribution in [0.25, 0.3) is 0 Å². The average molecular weight is 375 g/mol. The predicted octanol–water partition coefficient (Wildman–Crippen LogP) is 2.87. The van der Waals surface area contributed by atoms with Crippen molar-refractivity contribution in [1.29, 1.82) is 0 Å². The monoisotopic (exact) mass is 374 g/mol. The van der Waals surface area contributed by atoms with Crippen LogP contribution >= 0.6 is 15.9 Å². The summed E-state index contributed by atoms with van der Waals surface area (Å²) < 4.78 is 45.8. The molecule has 0 aliphatic rings. The maximum Gasteiger partial charge on any atom is 0.244 e. The summed E-state index contributed by atoms with van der Waals surface area (Å²) in [5, 5.41) is 0. The molecule has 5 nitrogen and oxygen atoms in total. The highest BCUT2D eigenvalue weighted by atomic mass is 79.9. The average Bonchev–Trinajstić information content (AvgIpc) is 2.44. The van der Waals surface area contributed by atoms with Crippen LogP contribution in [0.2, 0.25) is 0 Å². The van der Waals surface area contributed by atoms with Gasteiger partial charge in [-0.1, -0.05) is 15.9 Å². The van der Waals surface area contributed by atoms with E-state index in [9.17, 15) is 12.8 Å². The summed E-state index contributed by atoms with van der Waals surface area (Å²) in [6.45, 7) is 0. The number of nitrogens with two attached hydrogens (primary N) is 1. The van der Waals surface area contributed by atoms with Crippen LogP contribution in [0.4, 0.5) is 10.1 Å². The molecular weight excluding hydrogens is 363 g/mol. The molecule has 21 heavy (non-hydrogen) atoms. The third kappa shape index (κ3) is 3.52. The molecule has 112 valence electrons. The van der Waals surface area contributed by atoms with Gasteiger partial charge in [0.25, 0.3) is 0 Å². The van der Waals surface area contributed by atoms with E-state index < -0.39 is 15.8 Å². The Bertz CT molecular complexity index is 781. The number of benzene rings is 2. The third-order valence-corrected chi connectivity index (χ3v) is 4.57. The molecule has 2 aromatic carbocycles. The lowest BCUT2D eigenvalue weighted by atomic mass is 10.3. The second kappa shape index (κ2) is 6.00. The first-order chi connectivity index (χ1) is 9.83. The fraction of sp³-hybridized carbons (Fsp3) is 0.0769. The Morgan fingerprint density at radius 2 is 1.90 bits per heavy atom.